The van der Waals surface area contributed by atoms with Crippen LogP contribution in [0.2, 0.25) is 0 Å². The smallest absolute Gasteiger partial charge is 0.0640 e. The van der Waals surface area contributed by atoms with E-state index in [0.717, 1.165) is 11.4 Å². The van der Waals surface area contributed by atoms with E-state index in [2.05, 4.69) is 205 Å². The van der Waals surface area contributed by atoms with E-state index in [-0.39, 0.29) is 0 Å². The Morgan fingerprint density at radius 1 is 0.327 bits per heavy atom. The second-order valence-corrected chi connectivity index (χ2v) is 14.4. The van der Waals surface area contributed by atoms with Crippen molar-refractivity contribution in [3.05, 3.63) is 200 Å². The lowest BCUT2D eigenvalue weighted by molar-refractivity contribution is 1.30. The van der Waals surface area contributed by atoms with Crippen molar-refractivity contribution in [3.8, 4) is 33.4 Å². The molecular weight excluding hydrogens is 647 g/mol. The Kier molecular flexibility index (Phi) is 7.41. The summed E-state index contributed by atoms with van der Waals surface area (Å²) in [6.45, 7) is 0. The molecule has 0 saturated heterocycles. The third-order valence-electron chi connectivity index (χ3n) is 10.2. The van der Waals surface area contributed by atoms with Gasteiger partial charge in [-0.2, -0.15) is 0 Å². The van der Waals surface area contributed by atoms with Crippen molar-refractivity contribution < 1.29 is 0 Å². The largest absolute Gasteiger partial charge is 0.309 e. The molecule has 2 heteroatoms. The maximum atomic E-state index is 2.45. The molecule has 0 fully saturated rings. The molecule has 0 spiro atoms. The number of nitrogens with zero attached hydrogens (tertiary/aromatic N) is 1. The number of hydrogen-bond acceptors (Lipinski definition) is 2. The molecule has 0 aliphatic rings. The zero-order chi connectivity index (χ0) is 34.4. The van der Waals surface area contributed by atoms with Crippen LogP contribution in [-0.2, 0) is 0 Å². The molecule has 52 heavy (non-hydrogen) atoms. The van der Waals surface area contributed by atoms with E-state index in [1.165, 1.54) is 80.8 Å². The van der Waals surface area contributed by atoms with Crippen LogP contribution in [-0.4, -0.2) is 0 Å². The van der Waals surface area contributed by atoms with E-state index in [1.807, 2.05) is 11.3 Å². The van der Waals surface area contributed by atoms with Crippen LogP contribution in [0.3, 0.4) is 0 Å². The molecule has 9 aromatic carbocycles. The second-order valence-electron chi connectivity index (χ2n) is 13.3. The lowest BCUT2D eigenvalue weighted by atomic mass is 9.93. The van der Waals surface area contributed by atoms with Crippen molar-refractivity contribution in [2.24, 2.45) is 0 Å². The predicted molar refractivity (Wildman–Crippen MR) is 225 cm³/mol. The highest BCUT2D eigenvalue weighted by atomic mass is 32.1. The van der Waals surface area contributed by atoms with E-state index in [0.29, 0.717) is 0 Å². The Balaban J connectivity index is 1.20. The number of fused-ring (bicyclic) bond motifs is 5. The van der Waals surface area contributed by atoms with Gasteiger partial charge in [0.05, 0.1) is 10.4 Å². The minimum atomic E-state index is 1.12. The summed E-state index contributed by atoms with van der Waals surface area (Å²) in [5.74, 6) is 0. The molecule has 0 N–H and O–H groups in total. The van der Waals surface area contributed by atoms with Crippen molar-refractivity contribution in [2.75, 3.05) is 4.90 Å². The summed E-state index contributed by atoms with van der Waals surface area (Å²) in [6.07, 6.45) is 0. The monoisotopic (exact) mass is 679 g/mol. The Morgan fingerprint density at radius 2 is 0.904 bits per heavy atom. The van der Waals surface area contributed by atoms with Gasteiger partial charge >= 0.3 is 0 Å². The van der Waals surface area contributed by atoms with E-state index in [9.17, 15) is 0 Å². The van der Waals surface area contributed by atoms with Crippen LogP contribution >= 0.6 is 11.3 Å². The minimum absolute atomic E-state index is 1.12. The van der Waals surface area contributed by atoms with Gasteiger partial charge in [-0.1, -0.05) is 158 Å². The summed E-state index contributed by atoms with van der Waals surface area (Å²) in [6, 6.07) is 72.9. The molecule has 1 nitrogen and oxygen atoms in total. The zero-order valence-corrected chi connectivity index (χ0v) is 29.2. The molecule has 244 valence electrons. The van der Waals surface area contributed by atoms with Crippen molar-refractivity contribution in [1.29, 1.82) is 0 Å². The molecule has 0 aliphatic carbocycles. The highest BCUT2D eigenvalue weighted by Crippen LogP contribution is 2.47. The Hall–Kier alpha value is -6.48. The normalized spacial score (nSPS) is 11.5. The van der Waals surface area contributed by atoms with Crippen LogP contribution in [0.4, 0.5) is 17.1 Å². The van der Waals surface area contributed by atoms with Crippen molar-refractivity contribution >= 4 is 70.1 Å². The lowest BCUT2D eigenvalue weighted by Gasteiger charge is -2.27. The highest BCUT2D eigenvalue weighted by Gasteiger charge is 2.20. The molecule has 0 unspecified atom stereocenters. The Bertz CT molecular complexity index is 2880. The highest BCUT2D eigenvalue weighted by molar-refractivity contribution is 7.26. The first-order valence-electron chi connectivity index (χ1n) is 17.8. The molecule has 10 aromatic rings. The van der Waals surface area contributed by atoms with Gasteiger partial charge in [0.2, 0.25) is 0 Å². The third-order valence-corrected chi connectivity index (χ3v) is 11.4. The van der Waals surface area contributed by atoms with Crippen molar-refractivity contribution in [2.45, 2.75) is 0 Å². The van der Waals surface area contributed by atoms with E-state index >= 15 is 0 Å². The van der Waals surface area contributed by atoms with Crippen LogP contribution in [0.1, 0.15) is 0 Å². The molecule has 0 atom stereocenters. The molecule has 0 amide bonds. The van der Waals surface area contributed by atoms with Gasteiger partial charge in [-0.3, -0.25) is 0 Å². The van der Waals surface area contributed by atoms with Gasteiger partial charge in [-0.25, -0.2) is 0 Å². The van der Waals surface area contributed by atoms with Gasteiger partial charge in [0.15, 0.2) is 0 Å². The number of benzene rings is 9. The third kappa shape index (κ3) is 5.24. The fourth-order valence-corrected chi connectivity index (χ4v) is 8.97. The molecular formula is C50H33NS. The molecule has 0 radical (unpaired) electrons. The molecule has 0 bridgehead atoms. The van der Waals surface area contributed by atoms with Crippen molar-refractivity contribution in [1.82, 2.24) is 0 Å². The van der Waals surface area contributed by atoms with Gasteiger partial charge in [-0.15, -0.1) is 11.3 Å². The van der Waals surface area contributed by atoms with Crippen LogP contribution in [0.5, 0.6) is 0 Å². The fraction of sp³-hybridized carbons (Fsp3) is 0. The first-order chi connectivity index (χ1) is 25.8. The lowest BCUT2D eigenvalue weighted by Crippen LogP contribution is -2.10. The topological polar surface area (TPSA) is 3.24 Å². The second kappa shape index (κ2) is 12.7. The first kappa shape index (κ1) is 30.4. The van der Waals surface area contributed by atoms with Crippen LogP contribution in [0.15, 0.2) is 200 Å². The fourth-order valence-electron chi connectivity index (χ4n) is 7.74. The summed E-state index contributed by atoms with van der Waals surface area (Å²) in [7, 11) is 0. The number of thiophene rings is 1. The van der Waals surface area contributed by atoms with E-state index in [1.54, 1.807) is 0 Å². The van der Waals surface area contributed by atoms with Gasteiger partial charge in [0.25, 0.3) is 0 Å². The van der Waals surface area contributed by atoms with Crippen LogP contribution < -0.4 is 4.90 Å². The molecule has 1 aromatic heterocycles. The van der Waals surface area contributed by atoms with E-state index in [4.69, 9.17) is 0 Å². The van der Waals surface area contributed by atoms with Gasteiger partial charge < -0.3 is 4.90 Å². The van der Waals surface area contributed by atoms with Crippen LogP contribution in [0.25, 0.3) is 75.1 Å². The summed E-state index contributed by atoms with van der Waals surface area (Å²) in [5, 5.41) is 7.64. The predicted octanol–water partition coefficient (Wildman–Crippen LogP) is 14.8. The van der Waals surface area contributed by atoms with Crippen molar-refractivity contribution in [3.63, 3.8) is 0 Å². The average molecular weight is 680 g/mol. The summed E-state index contributed by atoms with van der Waals surface area (Å²) >= 11 is 1.88. The minimum Gasteiger partial charge on any atom is -0.309 e. The van der Waals surface area contributed by atoms with Crippen LogP contribution in [0, 0.1) is 0 Å². The maximum absolute atomic E-state index is 2.45. The first-order valence-corrected chi connectivity index (χ1v) is 18.6. The summed E-state index contributed by atoms with van der Waals surface area (Å²) in [4.78, 5) is 2.45. The summed E-state index contributed by atoms with van der Waals surface area (Å²) < 4.78 is 2.58. The van der Waals surface area contributed by atoms with Gasteiger partial charge in [-0.05, 0) is 97.4 Å². The average Bonchev–Trinajstić information content (AvgIpc) is 3.59. The number of anilines is 3. The van der Waals surface area contributed by atoms with Gasteiger partial charge in [0, 0.05) is 26.8 Å². The standard InChI is InChI=1S/C50H33NS/c1-3-13-34(14-4-1)44-30-29-41(33-46(44)36-15-5-2-6-16-36)51(40-27-25-37(26-28-40)43-22-11-20-35-17-9-10-21-42(35)43)48-24-12-23-45-47-31-38-18-7-8-19-39(38)32-49(47)52-50(45)48/h1-33H. The molecule has 10 rings (SSSR count). The Labute approximate surface area is 307 Å². The number of hydrogen-bond donors (Lipinski definition) is 0. The van der Waals surface area contributed by atoms with Gasteiger partial charge in [0.1, 0.15) is 0 Å². The molecule has 0 aliphatic heterocycles. The number of rotatable bonds is 6. The molecule has 1 heterocycles. The SMILES string of the molecule is c1ccc(-c2ccc(N(c3ccc(-c4cccc5ccccc45)cc3)c3cccc4c3sc3cc5ccccc5cc34)cc2-c2ccccc2)cc1. The van der Waals surface area contributed by atoms with E-state index < -0.39 is 0 Å². The quantitative estimate of drug-likeness (QED) is 0.169. The Morgan fingerprint density at radius 3 is 1.67 bits per heavy atom. The summed E-state index contributed by atoms with van der Waals surface area (Å²) in [5.41, 5.74) is 10.7. The maximum Gasteiger partial charge on any atom is 0.0640 e. The zero-order valence-electron chi connectivity index (χ0n) is 28.4. The molecule has 0 saturated carbocycles.